The molecule has 56 heavy (non-hydrogen) atoms. The van der Waals surface area contributed by atoms with E-state index in [9.17, 15) is 0 Å². The molecule has 3 heteroatoms. The second-order valence-corrected chi connectivity index (χ2v) is 22.0. The third-order valence-corrected chi connectivity index (χ3v) is 13.8. The van der Waals surface area contributed by atoms with E-state index in [1.54, 1.807) is 11.1 Å². The SMILES string of the molecule is Cc1cc2c3c(c1)N(c1cc(C(C)(C)C)cc(C(C)(C)C)c1)c1cc4c(cc1B3c1cc(C(C)(C)C)ccc1N2c1ccc(C(C)(C)C)cc1)C1CCC4CC1. The van der Waals surface area contributed by atoms with Gasteiger partial charge in [0.2, 0.25) is 0 Å². The van der Waals surface area contributed by atoms with Crippen LogP contribution in [0.1, 0.15) is 160 Å². The molecule has 10 rings (SSSR count). The van der Waals surface area contributed by atoms with Crippen molar-refractivity contribution in [3.05, 3.63) is 124 Å². The van der Waals surface area contributed by atoms with Crippen molar-refractivity contribution in [2.45, 2.75) is 149 Å². The topological polar surface area (TPSA) is 6.48 Å². The predicted octanol–water partition coefficient (Wildman–Crippen LogP) is 13.0. The van der Waals surface area contributed by atoms with Crippen molar-refractivity contribution in [1.82, 2.24) is 0 Å². The maximum atomic E-state index is 2.71. The normalized spacial score (nSPS) is 18.8. The van der Waals surface area contributed by atoms with Gasteiger partial charge in [-0.25, -0.2) is 0 Å². The number of aryl methyl sites for hydroxylation is 1. The molecule has 0 radical (unpaired) electrons. The molecule has 0 atom stereocenters. The fourth-order valence-electron chi connectivity index (χ4n) is 10.4. The number of hydrogen-bond donors (Lipinski definition) is 0. The van der Waals surface area contributed by atoms with E-state index in [0.717, 1.165) is 0 Å². The molecule has 0 aromatic heterocycles. The zero-order valence-electron chi connectivity index (χ0n) is 36.5. The lowest BCUT2D eigenvalue weighted by atomic mass is 9.33. The largest absolute Gasteiger partial charge is 0.311 e. The highest BCUT2D eigenvalue weighted by Crippen LogP contribution is 2.53. The van der Waals surface area contributed by atoms with Gasteiger partial charge in [-0.2, -0.15) is 0 Å². The maximum Gasteiger partial charge on any atom is 0.252 e. The van der Waals surface area contributed by atoms with Crippen molar-refractivity contribution < 1.29 is 0 Å². The number of fused-ring (bicyclic) bond motifs is 6. The Morgan fingerprint density at radius 1 is 0.429 bits per heavy atom. The first-order valence-corrected chi connectivity index (χ1v) is 21.5. The first-order valence-electron chi connectivity index (χ1n) is 21.5. The van der Waals surface area contributed by atoms with Crippen LogP contribution in [0.15, 0.2) is 84.9 Å². The quantitative estimate of drug-likeness (QED) is 0.163. The number of rotatable bonds is 2. The lowest BCUT2D eigenvalue weighted by Crippen LogP contribution is -2.61. The Balaban J connectivity index is 1.39. The Labute approximate surface area is 338 Å². The van der Waals surface area contributed by atoms with Crippen LogP contribution in [0.3, 0.4) is 0 Å². The standard InChI is InChI=1S/C53H63BN2/c1-32-24-47-49-48(25-32)56(40-27-37(52(8,9)10)26-38(28-40)53(11,12)13)46-31-42-34-16-14-33(15-17-34)41(42)30-44(46)54(49)43-29-36(51(5,6)7)20-23-45(43)55(47)39-21-18-35(19-22-39)50(2,3)4/h18-31,33-34H,14-17H2,1-13H3. The van der Waals surface area contributed by atoms with E-state index < -0.39 is 0 Å². The average molecular weight is 739 g/mol. The van der Waals surface area contributed by atoms with Crippen LogP contribution in [-0.4, -0.2) is 6.71 Å². The molecule has 3 aliphatic carbocycles. The van der Waals surface area contributed by atoms with Gasteiger partial charge in [0.05, 0.1) is 0 Å². The Morgan fingerprint density at radius 2 is 0.893 bits per heavy atom. The minimum Gasteiger partial charge on any atom is -0.311 e. The molecule has 2 heterocycles. The van der Waals surface area contributed by atoms with Crippen LogP contribution in [0, 0.1) is 6.92 Å². The molecule has 0 N–H and O–H groups in total. The minimum absolute atomic E-state index is 0.0104. The average Bonchev–Trinajstić information content (AvgIpc) is 3.12. The molecule has 288 valence electrons. The Hall–Kier alpha value is -4.24. The summed E-state index contributed by atoms with van der Waals surface area (Å²) in [5.74, 6) is 1.34. The lowest BCUT2D eigenvalue weighted by molar-refractivity contribution is 0.359. The summed E-state index contributed by atoms with van der Waals surface area (Å²) in [7, 11) is 0. The van der Waals surface area contributed by atoms with Crippen LogP contribution in [0.2, 0.25) is 0 Å². The van der Waals surface area contributed by atoms with Crippen LogP contribution in [0.5, 0.6) is 0 Å². The zero-order valence-corrected chi connectivity index (χ0v) is 36.5. The molecule has 2 bridgehead atoms. The Kier molecular flexibility index (Phi) is 8.26. The van der Waals surface area contributed by atoms with Gasteiger partial charge < -0.3 is 9.80 Å². The second-order valence-electron chi connectivity index (χ2n) is 22.0. The Bertz CT molecular complexity index is 2350. The summed E-state index contributed by atoms with van der Waals surface area (Å²) in [6.45, 7) is 30.7. The number of nitrogens with zero attached hydrogens (tertiary/aromatic N) is 2. The van der Waals surface area contributed by atoms with Crippen LogP contribution in [0.4, 0.5) is 34.1 Å². The van der Waals surface area contributed by atoms with Crippen molar-refractivity contribution in [1.29, 1.82) is 0 Å². The van der Waals surface area contributed by atoms with Crippen molar-refractivity contribution >= 4 is 57.2 Å². The van der Waals surface area contributed by atoms with Crippen molar-refractivity contribution in [3.63, 3.8) is 0 Å². The fraction of sp³-hybridized carbons (Fsp3) is 0.434. The van der Waals surface area contributed by atoms with E-state index in [1.807, 2.05) is 0 Å². The van der Waals surface area contributed by atoms with Gasteiger partial charge in [0.15, 0.2) is 0 Å². The minimum atomic E-state index is 0.0104. The van der Waals surface area contributed by atoms with Gasteiger partial charge in [-0.05, 0) is 170 Å². The van der Waals surface area contributed by atoms with Gasteiger partial charge >= 0.3 is 0 Å². The van der Waals surface area contributed by atoms with Crippen LogP contribution in [0.25, 0.3) is 0 Å². The van der Waals surface area contributed by atoms with E-state index in [-0.39, 0.29) is 28.4 Å². The third-order valence-electron chi connectivity index (χ3n) is 13.8. The predicted molar refractivity (Wildman–Crippen MR) is 244 cm³/mol. The molecule has 2 aliphatic heterocycles. The molecule has 0 unspecified atom stereocenters. The van der Waals surface area contributed by atoms with Gasteiger partial charge in [0.1, 0.15) is 0 Å². The van der Waals surface area contributed by atoms with E-state index in [2.05, 4.69) is 185 Å². The summed E-state index contributed by atoms with van der Waals surface area (Å²) in [5.41, 5.74) is 22.4. The summed E-state index contributed by atoms with van der Waals surface area (Å²) in [6.07, 6.45) is 5.32. The highest BCUT2D eigenvalue weighted by Gasteiger charge is 2.46. The Morgan fingerprint density at radius 3 is 1.41 bits per heavy atom. The van der Waals surface area contributed by atoms with E-state index >= 15 is 0 Å². The summed E-state index contributed by atoms with van der Waals surface area (Å²) in [6, 6.07) is 34.7. The van der Waals surface area contributed by atoms with Crippen molar-refractivity contribution in [2.24, 2.45) is 0 Å². The molecule has 5 aromatic carbocycles. The first kappa shape index (κ1) is 37.3. The smallest absolute Gasteiger partial charge is 0.252 e. The van der Waals surface area contributed by atoms with Crippen LogP contribution >= 0.6 is 0 Å². The highest BCUT2D eigenvalue weighted by atomic mass is 15.2. The summed E-state index contributed by atoms with van der Waals surface area (Å²) < 4.78 is 0. The lowest BCUT2D eigenvalue weighted by Gasteiger charge is -2.47. The van der Waals surface area contributed by atoms with E-state index in [0.29, 0.717) is 11.8 Å². The second kappa shape index (κ2) is 12.4. The molecule has 5 aliphatic rings. The molecule has 1 fully saturated rings. The van der Waals surface area contributed by atoms with Gasteiger partial charge in [0, 0.05) is 34.1 Å². The number of benzene rings is 5. The van der Waals surface area contributed by atoms with E-state index in [1.165, 1.54) is 104 Å². The molecule has 1 saturated carbocycles. The number of anilines is 6. The monoisotopic (exact) mass is 739 g/mol. The molecule has 5 aromatic rings. The molecule has 0 spiro atoms. The number of hydrogen-bond acceptors (Lipinski definition) is 2. The summed E-state index contributed by atoms with van der Waals surface area (Å²) in [5, 5.41) is 0. The molecular weight excluding hydrogens is 675 g/mol. The summed E-state index contributed by atoms with van der Waals surface area (Å²) >= 11 is 0. The van der Waals surface area contributed by atoms with Crippen LogP contribution < -0.4 is 26.2 Å². The van der Waals surface area contributed by atoms with Crippen molar-refractivity contribution in [2.75, 3.05) is 9.80 Å². The first-order chi connectivity index (χ1) is 26.2. The maximum absolute atomic E-state index is 2.71. The molecular formula is C53H63BN2. The summed E-state index contributed by atoms with van der Waals surface area (Å²) in [4.78, 5) is 5.29. The van der Waals surface area contributed by atoms with Crippen molar-refractivity contribution in [3.8, 4) is 0 Å². The molecule has 0 saturated heterocycles. The third kappa shape index (κ3) is 5.97. The van der Waals surface area contributed by atoms with Gasteiger partial charge in [-0.15, -0.1) is 0 Å². The van der Waals surface area contributed by atoms with Crippen LogP contribution in [-0.2, 0) is 21.7 Å². The molecule has 0 amide bonds. The van der Waals surface area contributed by atoms with Gasteiger partial charge in [-0.1, -0.05) is 119 Å². The molecule has 2 nitrogen and oxygen atoms in total. The fourth-order valence-corrected chi connectivity index (χ4v) is 10.4. The van der Waals surface area contributed by atoms with Gasteiger partial charge in [-0.3, -0.25) is 0 Å². The highest BCUT2D eigenvalue weighted by molar-refractivity contribution is 7.00. The van der Waals surface area contributed by atoms with Gasteiger partial charge in [0.25, 0.3) is 6.71 Å². The van der Waals surface area contributed by atoms with E-state index in [4.69, 9.17) is 0 Å². The zero-order chi connectivity index (χ0) is 39.9.